The first kappa shape index (κ1) is 11.5. The molecule has 0 saturated carbocycles. The van der Waals surface area contributed by atoms with Gasteiger partial charge in [0.25, 0.3) is 5.91 Å². The van der Waals surface area contributed by atoms with Gasteiger partial charge in [-0.1, -0.05) is 0 Å². The number of aryl methyl sites for hydroxylation is 1. The molecule has 0 radical (unpaired) electrons. The molecule has 4 nitrogen and oxygen atoms in total. The molecule has 88 valence electrons. The van der Waals surface area contributed by atoms with Gasteiger partial charge in [-0.25, -0.2) is 4.98 Å². The van der Waals surface area contributed by atoms with E-state index in [0.29, 0.717) is 11.1 Å². The highest BCUT2D eigenvalue weighted by Gasteiger charge is 2.24. The number of ether oxygens (including phenoxy) is 1. The van der Waals surface area contributed by atoms with Crippen LogP contribution in [0.1, 0.15) is 27.5 Å². The van der Waals surface area contributed by atoms with E-state index in [-0.39, 0.29) is 5.91 Å². The van der Waals surface area contributed by atoms with Crippen molar-refractivity contribution in [2.75, 3.05) is 20.2 Å². The fourth-order valence-electron chi connectivity index (χ4n) is 1.88. The highest BCUT2D eigenvalue weighted by Crippen LogP contribution is 2.18. The normalized spacial score (nSPS) is 17.8. The van der Waals surface area contributed by atoms with Crippen LogP contribution in [0, 0.1) is 6.92 Å². The second-order valence-electron chi connectivity index (χ2n) is 4.00. The smallest absolute Gasteiger partial charge is 0.282 e. The number of amides is 1. The molecule has 1 aliphatic heterocycles. The lowest BCUT2D eigenvalue weighted by Gasteiger charge is -2.30. The van der Waals surface area contributed by atoms with Gasteiger partial charge in [0.05, 0.1) is 6.10 Å². The molecule has 0 aliphatic carbocycles. The zero-order valence-electron chi connectivity index (χ0n) is 9.60. The molecule has 1 amide bonds. The van der Waals surface area contributed by atoms with Crippen LogP contribution in [0.2, 0.25) is 0 Å². The van der Waals surface area contributed by atoms with Gasteiger partial charge in [-0.05, 0) is 19.8 Å². The minimum Gasteiger partial charge on any atom is -0.381 e. The number of hydrogen-bond acceptors (Lipinski definition) is 4. The fourth-order valence-corrected chi connectivity index (χ4v) is 2.62. The molecule has 1 aromatic heterocycles. The lowest BCUT2D eigenvalue weighted by atomic mass is 10.1. The van der Waals surface area contributed by atoms with Gasteiger partial charge in [0, 0.05) is 31.3 Å². The van der Waals surface area contributed by atoms with Crippen molar-refractivity contribution in [2.45, 2.75) is 25.9 Å². The average molecular weight is 240 g/mol. The molecule has 0 unspecified atom stereocenters. The Hall–Kier alpha value is -0.940. The molecule has 0 atom stereocenters. The van der Waals surface area contributed by atoms with E-state index in [1.807, 2.05) is 11.8 Å². The summed E-state index contributed by atoms with van der Waals surface area (Å²) in [5, 5.41) is 0.605. The van der Waals surface area contributed by atoms with Crippen LogP contribution in [-0.2, 0) is 4.74 Å². The van der Waals surface area contributed by atoms with Crippen molar-refractivity contribution in [1.29, 1.82) is 0 Å². The number of thiazole rings is 1. The fraction of sp³-hybridized carbons (Fsp3) is 0.636. The number of rotatable bonds is 2. The Labute approximate surface area is 99.2 Å². The van der Waals surface area contributed by atoms with Crippen LogP contribution in [-0.4, -0.2) is 42.1 Å². The van der Waals surface area contributed by atoms with Crippen molar-refractivity contribution >= 4 is 17.2 Å². The van der Waals surface area contributed by atoms with Crippen LogP contribution in [0.3, 0.4) is 0 Å². The number of aromatic nitrogens is 1. The van der Waals surface area contributed by atoms with Gasteiger partial charge in [0.1, 0.15) is 0 Å². The summed E-state index contributed by atoms with van der Waals surface area (Å²) >= 11 is 1.46. The molecular formula is C11H16N2O2S. The van der Waals surface area contributed by atoms with Gasteiger partial charge < -0.3 is 9.64 Å². The molecule has 2 heterocycles. The summed E-state index contributed by atoms with van der Waals surface area (Å²) in [6, 6.07) is 0. The van der Waals surface area contributed by atoms with E-state index in [2.05, 4.69) is 4.98 Å². The third kappa shape index (κ3) is 2.41. The lowest BCUT2D eigenvalue weighted by Crippen LogP contribution is -2.40. The predicted molar refractivity (Wildman–Crippen MR) is 62.8 cm³/mol. The standard InChI is InChI=1S/C11H16N2O2S/c1-8-7-12-10(16-8)11(14)13-5-3-9(15-2)4-6-13/h7,9H,3-6H2,1-2H3. The number of hydrogen-bond donors (Lipinski definition) is 0. The van der Waals surface area contributed by atoms with E-state index in [1.54, 1.807) is 13.3 Å². The second-order valence-corrected chi connectivity index (χ2v) is 5.24. The molecule has 5 heteroatoms. The van der Waals surface area contributed by atoms with Crippen molar-refractivity contribution in [1.82, 2.24) is 9.88 Å². The molecule has 0 aromatic carbocycles. The first-order chi connectivity index (χ1) is 7.70. The van der Waals surface area contributed by atoms with Gasteiger partial charge >= 0.3 is 0 Å². The maximum absolute atomic E-state index is 12.0. The monoisotopic (exact) mass is 240 g/mol. The summed E-state index contributed by atoms with van der Waals surface area (Å²) in [6.07, 6.45) is 3.90. The minimum absolute atomic E-state index is 0.0626. The van der Waals surface area contributed by atoms with Crippen molar-refractivity contribution in [2.24, 2.45) is 0 Å². The summed E-state index contributed by atoms with van der Waals surface area (Å²) in [6.45, 7) is 3.51. The van der Waals surface area contributed by atoms with Crippen molar-refractivity contribution < 1.29 is 9.53 Å². The summed E-state index contributed by atoms with van der Waals surface area (Å²) in [5.74, 6) is 0.0626. The van der Waals surface area contributed by atoms with Gasteiger partial charge in [0.2, 0.25) is 0 Å². The number of piperidine rings is 1. The molecule has 16 heavy (non-hydrogen) atoms. The molecule has 1 saturated heterocycles. The first-order valence-electron chi connectivity index (χ1n) is 5.45. The highest BCUT2D eigenvalue weighted by molar-refractivity contribution is 7.13. The lowest BCUT2D eigenvalue weighted by molar-refractivity contribution is 0.0350. The van der Waals surface area contributed by atoms with Crippen LogP contribution < -0.4 is 0 Å². The number of carbonyl (C=O) groups excluding carboxylic acids is 1. The van der Waals surface area contributed by atoms with Crippen molar-refractivity contribution in [3.8, 4) is 0 Å². The molecule has 0 N–H and O–H groups in total. The Kier molecular flexibility index (Phi) is 3.56. The van der Waals surface area contributed by atoms with E-state index < -0.39 is 0 Å². The zero-order valence-corrected chi connectivity index (χ0v) is 10.4. The number of carbonyl (C=O) groups is 1. The van der Waals surface area contributed by atoms with Gasteiger partial charge in [0.15, 0.2) is 5.01 Å². The van der Waals surface area contributed by atoms with E-state index in [4.69, 9.17) is 4.74 Å². The summed E-state index contributed by atoms with van der Waals surface area (Å²) in [5.41, 5.74) is 0. The predicted octanol–water partition coefficient (Wildman–Crippen LogP) is 1.70. The molecule has 0 spiro atoms. The van der Waals surface area contributed by atoms with Crippen LogP contribution in [0.25, 0.3) is 0 Å². The average Bonchev–Trinajstić information content (AvgIpc) is 2.75. The summed E-state index contributed by atoms with van der Waals surface area (Å²) in [4.78, 5) is 19.1. The van der Waals surface area contributed by atoms with Gasteiger partial charge in [-0.2, -0.15) is 0 Å². The SMILES string of the molecule is COC1CCN(C(=O)c2ncc(C)s2)CC1. The van der Waals surface area contributed by atoms with Crippen molar-refractivity contribution in [3.05, 3.63) is 16.1 Å². The first-order valence-corrected chi connectivity index (χ1v) is 6.27. The third-order valence-electron chi connectivity index (χ3n) is 2.87. The number of nitrogens with zero attached hydrogens (tertiary/aromatic N) is 2. The van der Waals surface area contributed by atoms with E-state index in [1.165, 1.54) is 11.3 Å². The maximum Gasteiger partial charge on any atom is 0.282 e. The van der Waals surface area contributed by atoms with Gasteiger partial charge in [-0.15, -0.1) is 11.3 Å². The Morgan fingerprint density at radius 3 is 2.75 bits per heavy atom. The Morgan fingerprint density at radius 2 is 2.25 bits per heavy atom. The van der Waals surface area contributed by atoms with Crippen LogP contribution in [0.15, 0.2) is 6.20 Å². The Balaban J connectivity index is 1.96. The highest BCUT2D eigenvalue weighted by atomic mass is 32.1. The van der Waals surface area contributed by atoms with Crippen LogP contribution in [0.5, 0.6) is 0 Å². The summed E-state index contributed by atoms with van der Waals surface area (Å²) in [7, 11) is 1.73. The molecular weight excluding hydrogens is 224 g/mol. The van der Waals surface area contributed by atoms with E-state index >= 15 is 0 Å². The minimum atomic E-state index is 0.0626. The number of likely N-dealkylation sites (tertiary alicyclic amines) is 1. The van der Waals surface area contributed by atoms with E-state index in [9.17, 15) is 4.79 Å². The van der Waals surface area contributed by atoms with Crippen LogP contribution >= 0.6 is 11.3 Å². The molecule has 1 fully saturated rings. The number of methoxy groups -OCH3 is 1. The zero-order chi connectivity index (χ0) is 11.5. The topological polar surface area (TPSA) is 42.4 Å². The van der Waals surface area contributed by atoms with E-state index in [0.717, 1.165) is 30.8 Å². The van der Waals surface area contributed by atoms with Crippen LogP contribution in [0.4, 0.5) is 0 Å². The second kappa shape index (κ2) is 4.93. The molecule has 0 bridgehead atoms. The molecule has 1 aromatic rings. The van der Waals surface area contributed by atoms with Crippen molar-refractivity contribution in [3.63, 3.8) is 0 Å². The summed E-state index contributed by atoms with van der Waals surface area (Å²) < 4.78 is 5.28. The third-order valence-corrected chi connectivity index (χ3v) is 3.77. The van der Waals surface area contributed by atoms with Gasteiger partial charge in [-0.3, -0.25) is 4.79 Å². The molecule has 2 rings (SSSR count). The maximum atomic E-state index is 12.0. The largest absolute Gasteiger partial charge is 0.381 e. The molecule has 1 aliphatic rings. The quantitative estimate of drug-likeness (QED) is 0.790. The Morgan fingerprint density at radius 1 is 1.56 bits per heavy atom. The Bertz CT molecular complexity index is 370.